The number of halogens is 3. The first-order valence-corrected chi connectivity index (χ1v) is 12.8. The summed E-state index contributed by atoms with van der Waals surface area (Å²) >= 11 is 7.10. The lowest BCUT2D eigenvalue weighted by atomic mass is 9.85. The number of nitrogens with zero attached hydrogens (tertiary/aromatic N) is 3. The number of benzene rings is 1. The predicted molar refractivity (Wildman–Crippen MR) is 131 cm³/mol. The van der Waals surface area contributed by atoms with E-state index in [1.807, 2.05) is 12.1 Å². The largest absolute Gasteiger partial charge is 0.370 e. The maximum Gasteiger partial charge on any atom is 0.281 e. The Morgan fingerprint density at radius 3 is 2.69 bits per heavy atom. The third kappa shape index (κ3) is 4.38. The van der Waals surface area contributed by atoms with Crippen LogP contribution in [0.25, 0.3) is 0 Å². The summed E-state index contributed by atoms with van der Waals surface area (Å²) < 4.78 is 26.6. The molecule has 2 aliphatic rings. The summed E-state index contributed by atoms with van der Waals surface area (Å²) in [4.78, 5) is 35.6. The van der Waals surface area contributed by atoms with E-state index in [1.54, 1.807) is 28.6 Å². The van der Waals surface area contributed by atoms with Crippen LogP contribution in [0.4, 0.5) is 14.5 Å². The second-order valence-corrected chi connectivity index (χ2v) is 10.4. The van der Waals surface area contributed by atoms with Gasteiger partial charge >= 0.3 is 0 Å². The van der Waals surface area contributed by atoms with Crippen molar-refractivity contribution < 1.29 is 23.5 Å². The van der Waals surface area contributed by atoms with E-state index in [-0.39, 0.29) is 22.5 Å². The van der Waals surface area contributed by atoms with Crippen molar-refractivity contribution in [3.05, 3.63) is 75.0 Å². The molecule has 2 amide bonds. The molecule has 1 atom stereocenters. The monoisotopic (exact) mass is 532 g/mol. The van der Waals surface area contributed by atoms with Gasteiger partial charge in [-0.1, -0.05) is 29.8 Å². The van der Waals surface area contributed by atoms with Crippen molar-refractivity contribution in [1.29, 1.82) is 0 Å². The number of aliphatic hydroxyl groups is 1. The summed E-state index contributed by atoms with van der Waals surface area (Å²) in [6.07, 6.45) is 2.49. The molecule has 3 aromatic rings. The van der Waals surface area contributed by atoms with Gasteiger partial charge in [0.2, 0.25) is 5.60 Å². The topological polar surface area (TPSA) is 95.4 Å². The number of anilines is 1. The van der Waals surface area contributed by atoms with Crippen LogP contribution in [0.1, 0.15) is 58.7 Å². The number of hydrogen-bond donors (Lipinski definition) is 2. The summed E-state index contributed by atoms with van der Waals surface area (Å²) in [6, 6.07) is 8.21. The molecule has 0 bridgehead atoms. The molecule has 0 spiro atoms. The molecule has 7 nitrogen and oxygen atoms in total. The number of alkyl halides is 2. The first-order chi connectivity index (χ1) is 17.3. The van der Waals surface area contributed by atoms with Crippen molar-refractivity contribution in [1.82, 2.24) is 15.3 Å². The van der Waals surface area contributed by atoms with Gasteiger partial charge in [0, 0.05) is 35.9 Å². The molecule has 5 rings (SSSR count). The molecule has 3 heterocycles. The number of hydrogen-bond acceptors (Lipinski definition) is 6. The molecule has 36 heavy (non-hydrogen) atoms. The van der Waals surface area contributed by atoms with Gasteiger partial charge in [-0.25, -0.2) is 13.8 Å². The Kier molecular flexibility index (Phi) is 6.76. The molecule has 1 unspecified atom stereocenters. The fourth-order valence-corrected chi connectivity index (χ4v) is 5.94. The van der Waals surface area contributed by atoms with Crippen LogP contribution < -0.4 is 10.2 Å². The fraction of sp³-hybridized carbons (Fsp3) is 0.360. The Hall–Kier alpha value is -2.95. The van der Waals surface area contributed by atoms with Gasteiger partial charge in [-0.15, -0.1) is 11.3 Å². The Morgan fingerprint density at radius 1 is 1.25 bits per heavy atom. The molecule has 1 saturated carbocycles. The number of thiazole rings is 1. The number of rotatable bonds is 6. The first-order valence-electron chi connectivity index (χ1n) is 11.6. The van der Waals surface area contributed by atoms with E-state index in [1.165, 1.54) is 17.4 Å². The molecular weight excluding hydrogens is 510 g/mol. The van der Waals surface area contributed by atoms with Crippen LogP contribution in [0.3, 0.4) is 0 Å². The lowest BCUT2D eigenvalue weighted by molar-refractivity contribution is -0.132. The molecular formula is C25H23ClF2N4O3S. The molecule has 1 fully saturated rings. The van der Waals surface area contributed by atoms with E-state index in [0.29, 0.717) is 35.6 Å². The number of aromatic nitrogens is 2. The number of carbonyl (C=O) groups is 2. The summed E-state index contributed by atoms with van der Waals surface area (Å²) in [5, 5.41) is 16.5. The van der Waals surface area contributed by atoms with Crippen LogP contribution in [0.5, 0.6) is 0 Å². The Labute approximate surface area is 215 Å². The van der Waals surface area contributed by atoms with Crippen molar-refractivity contribution in [2.75, 3.05) is 11.4 Å². The molecule has 2 aromatic heterocycles. The van der Waals surface area contributed by atoms with E-state index in [2.05, 4.69) is 15.3 Å². The predicted octanol–water partition coefficient (Wildman–Crippen LogP) is 4.70. The van der Waals surface area contributed by atoms with Crippen LogP contribution in [-0.4, -0.2) is 39.5 Å². The minimum absolute atomic E-state index is 0.113. The first kappa shape index (κ1) is 24.7. The Bertz CT molecular complexity index is 1280. The highest BCUT2D eigenvalue weighted by atomic mass is 35.5. The molecule has 0 radical (unpaired) electrons. The van der Waals surface area contributed by atoms with Gasteiger partial charge in [0.1, 0.15) is 10.7 Å². The lowest BCUT2D eigenvalue weighted by Crippen LogP contribution is -2.44. The van der Waals surface area contributed by atoms with Crippen molar-refractivity contribution >= 4 is 40.4 Å². The SMILES string of the molecule is O=C(N[C@H]1CC[C@H](CN2C(=O)C(O)(c3nccs3)c3ccccc32)CC1)c1cc(Cl)cnc1C(F)F. The van der Waals surface area contributed by atoms with Gasteiger partial charge in [0.25, 0.3) is 18.2 Å². The van der Waals surface area contributed by atoms with E-state index in [9.17, 15) is 23.5 Å². The van der Waals surface area contributed by atoms with E-state index < -0.39 is 29.5 Å². The summed E-state index contributed by atoms with van der Waals surface area (Å²) in [5.74, 6) is -0.888. The average molecular weight is 533 g/mol. The molecule has 1 aliphatic carbocycles. The molecule has 11 heteroatoms. The molecule has 2 N–H and O–H groups in total. The van der Waals surface area contributed by atoms with Crippen molar-refractivity contribution in [2.45, 2.75) is 43.8 Å². The zero-order valence-corrected chi connectivity index (χ0v) is 20.6. The number of carbonyl (C=O) groups excluding carboxylic acids is 2. The molecule has 1 aromatic carbocycles. The van der Waals surface area contributed by atoms with Crippen LogP contribution in [0, 0.1) is 5.92 Å². The molecule has 0 saturated heterocycles. The standard InChI is InChI=1S/C25H23ClF2N4O3S/c26-15-11-17(20(21(27)28)30-12-15)22(33)31-16-7-5-14(6-8-16)13-32-19-4-2-1-3-18(19)25(35,24(32)34)23-29-9-10-36-23/h1-4,9-12,14,16,21,35H,5-8,13H2,(H,31,33)/t14-,16-,25?. The van der Waals surface area contributed by atoms with Gasteiger partial charge in [-0.2, -0.15) is 0 Å². The summed E-state index contributed by atoms with van der Waals surface area (Å²) in [7, 11) is 0. The summed E-state index contributed by atoms with van der Waals surface area (Å²) in [6.45, 7) is 0.429. The van der Waals surface area contributed by atoms with Crippen LogP contribution >= 0.6 is 22.9 Å². The maximum atomic E-state index is 13.4. The van der Waals surface area contributed by atoms with Crippen LogP contribution in [0.15, 0.2) is 48.1 Å². The fourth-order valence-electron chi connectivity index (χ4n) is 5.04. The number of para-hydroxylation sites is 1. The zero-order chi connectivity index (χ0) is 25.4. The number of pyridine rings is 1. The van der Waals surface area contributed by atoms with Gasteiger partial charge in [-0.3, -0.25) is 14.6 Å². The minimum atomic E-state index is -2.89. The van der Waals surface area contributed by atoms with Crippen molar-refractivity contribution in [2.24, 2.45) is 5.92 Å². The second kappa shape index (κ2) is 9.84. The Balaban J connectivity index is 1.25. The second-order valence-electron chi connectivity index (χ2n) is 9.06. The highest BCUT2D eigenvalue weighted by molar-refractivity contribution is 7.09. The van der Waals surface area contributed by atoms with E-state index >= 15 is 0 Å². The minimum Gasteiger partial charge on any atom is -0.370 e. The zero-order valence-electron chi connectivity index (χ0n) is 19.0. The van der Waals surface area contributed by atoms with Crippen LogP contribution in [0.2, 0.25) is 5.02 Å². The highest BCUT2D eigenvalue weighted by Crippen LogP contribution is 2.45. The van der Waals surface area contributed by atoms with Gasteiger partial charge in [0.05, 0.1) is 16.3 Å². The average Bonchev–Trinajstić information content (AvgIpc) is 3.49. The Morgan fingerprint density at radius 2 is 2.00 bits per heavy atom. The van der Waals surface area contributed by atoms with Crippen LogP contribution in [-0.2, 0) is 10.4 Å². The van der Waals surface area contributed by atoms with Gasteiger partial charge < -0.3 is 15.3 Å². The third-order valence-corrected chi connectivity index (χ3v) is 7.93. The lowest BCUT2D eigenvalue weighted by Gasteiger charge is -2.32. The summed E-state index contributed by atoms with van der Waals surface area (Å²) in [5.41, 5.74) is -1.42. The normalized spacial score (nSPS) is 23.7. The molecule has 188 valence electrons. The number of amides is 2. The number of fused-ring (bicyclic) bond motifs is 1. The van der Waals surface area contributed by atoms with Gasteiger partial charge in [-0.05, 0) is 43.7 Å². The quantitative estimate of drug-likeness (QED) is 0.480. The number of nitrogens with one attached hydrogen (secondary N) is 1. The van der Waals surface area contributed by atoms with Crippen molar-refractivity contribution in [3.8, 4) is 0 Å². The van der Waals surface area contributed by atoms with Crippen molar-refractivity contribution in [3.63, 3.8) is 0 Å². The third-order valence-electron chi connectivity index (χ3n) is 6.84. The van der Waals surface area contributed by atoms with Gasteiger partial charge in [0.15, 0.2) is 0 Å². The highest BCUT2D eigenvalue weighted by Gasteiger charge is 2.53. The molecule has 1 aliphatic heterocycles. The van der Waals surface area contributed by atoms with E-state index in [0.717, 1.165) is 19.0 Å². The van der Waals surface area contributed by atoms with E-state index in [4.69, 9.17) is 11.6 Å². The maximum absolute atomic E-state index is 13.4. The smallest absolute Gasteiger partial charge is 0.281 e.